The van der Waals surface area contributed by atoms with E-state index in [1.807, 2.05) is 0 Å². The van der Waals surface area contributed by atoms with Crippen LogP contribution in [0.5, 0.6) is 0 Å². The molecular weight excluding hydrogens is 1310 g/mol. The highest BCUT2D eigenvalue weighted by molar-refractivity contribution is 7.47. The Labute approximate surface area is 612 Å². The third-order valence-corrected chi connectivity index (χ3v) is 17.6. The number of hydrogen-bond donors (Lipinski definition) is 4. The smallest absolute Gasteiger partial charge is 0.463 e. The molecule has 0 aliphatic carbocycles. The minimum Gasteiger partial charge on any atom is -0.463 e. The summed E-state index contributed by atoms with van der Waals surface area (Å²) in [6.07, 6.45) is 93.2. The van der Waals surface area contributed by atoms with E-state index in [2.05, 4.69) is 179 Å². The molecule has 5 unspecified atom stereocenters. The van der Waals surface area contributed by atoms with Crippen molar-refractivity contribution in [3.05, 3.63) is 158 Å². The SMILES string of the molecule is CC/C=C\C/C=C\C/C=C\C/C=C\C/C=C\C/C=C\CCCCCCCCCCCCCCCCC(=O)OCC(O)COP(=O)(O)OCC(O)COP(=O)(O)OCC(COC(=O)CCCC/C=C\C/C=C\C/C=C\C/C=C\C/C=C\C/C=C\CC)OC(=O)CCCCCCC/C=C\CCCC. The van der Waals surface area contributed by atoms with Gasteiger partial charge in [-0.15, -0.1) is 0 Å². The third-order valence-electron chi connectivity index (χ3n) is 15.7. The molecular formula is C83H138O16P2. The molecule has 0 rings (SSSR count). The Morgan fingerprint density at radius 1 is 0.287 bits per heavy atom. The topological polar surface area (TPSA) is 231 Å². The molecule has 0 bridgehead atoms. The third kappa shape index (κ3) is 76.1. The summed E-state index contributed by atoms with van der Waals surface area (Å²) in [4.78, 5) is 58.5. The quantitative estimate of drug-likeness (QED) is 0.0146. The molecule has 0 aliphatic rings. The van der Waals surface area contributed by atoms with Gasteiger partial charge >= 0.3 is 33.6 Å². The molecule has 0 saturated heterocycles. The Morgan fingerprint density at radius 2 is 0.525 bits per heavy atom. The van der Waals surface area contributed by atoms with Crippen LogP contribution >= 0.6 is 15.6 Å². The van der Waals surface area contributed by atoms with E-state index in [1.165, 1.54) is 77.0 Å². The van der Waals surface area contributed by atoms with Crippen LogP contribution in [0.1, 0.15) is 290 Å². The first-order chi connectivity index (χ1) is 49.2. The monoisotopic (exact) mass is 1450 g/mol. The Kier molecular flexibility index (Phi) is 71.3. The van der Waals surface area contributed by atoms with Gasteiger partial charge < -0.3 is 34.2 Å². The number of unbranched alkanes of at least 4 members (excludes halogenated alkanes) is 23. The van der Waals surface area contributed by atoms with Gasteiger partial charge in [-0.3, -0.25) is 32.5 Å². The summed E-state index contributed by atoms with van der Waals surface area (Å²) >= 11 is 0. The van der Waals surface area contributed by atoms with Crippen LogP contribution in [0, 0.1) is 0 Å². The lowest BCUT2D eigenvalue weighted by Gasteiger charge is -2.21. The van der Waals surface area contributed by atoms with E-state index in [0.717, 1.165) is 154 Å². The fraction of sp³-hybridized carbons (Fsp3) is 0.651. The van der Waals surface area contributed by atoms with Crippen molar-refractivity contribution in [3.63, 3.8) is 0 Å². The van der Waals surface area contributed by atoms with Crippen LogP contribution in [0.3, 0.4) is 0 Å². The van der Waals surface area contributed by atoms with E-state index in [4.69, 9.17) is 32.3 Å². The summed E-state index contributed by atoms with van der Waals surface area (Å²) in [5, 5.41) is 20.6. The largest absolute Gasteiger partial charge is 0.472 e. The van der Waals surface area contributed by atoms with Crippen molar-refractivity contribution >= 4 is 33.6 Å². The van der Waals surface area contributed by atoms with Gasteiger partial charge in [0.15, 0.2) is 6.10 Å². The molecule has 0 fully saturated rings. The number of aliphatic hydroxyl groups is 2. The second-order valence-electron chi connectivity index (χ2n) is 25.4. The Morgan fingerprint density at radius 3 is 0.861 bits per heavy atom. The standard InChI is InChI=1S/C83H138O16P2/c1-4-7-10-13-16-19-22-24-26-28-30-32-33-34-35-36-37-38-39-40-41-42-43-45-47-48-50-52-55-57-60-63-66-69-81(86)93-72-78(84)73-95-100(89,90)96-74-79(85)75-97-101(91,92)98-77-80(99-83(88)71-68-65-62-59-54-21-18-15-12-9-6-3)76-94-82(87)70-67-64-61-58-56-53-51-49-46-44-31-29-27-25-23-20-17-14-11-8-5-2/h7-8,10-11,15-20,24-27,30-32,34-35,37-38,44,49,51,56,58,78-80,84-85H,4-6,9,12-14,21-23,28-29,33,36,39-43,45-48,50,52-55,57,59-77H2,1-3H3,(H,89,90)(H,91,92)/b10-7-,11-8-,18-15-,19-16-,20-17-,26-24-,27-25-,32-30-,35-34-,38-37-,44-31-,51-49-,58-56-. The number of esters is 3. The van der Waals surface area contributed by atoms with Crippen LogP contribution in [-0.2, 0) is 55.8 Å². The van der Waals surface area contributed by atoms with Crippen LogP contribution in [0.25, 0.3) is 0 Å². The second-order valence-corrected chi connectivity index (χ2v) is 28.3. The molecule has 5 atom stereocenters. The Balaban J connectivity index is 4.43. The molecule has 0 heterocycles. The highest BCUT2D eigenvalue weighted by Gasteiger charge is 2.29. The fourth-order valence-electron chi connectivity index (χ4n) is 9.85. The molecule has 0 aromatic rings. The fourth-order valence-corrected chi connectivity index (χ4v) is 11.4. The van der Waals surface area contributed by atoms with Crippen LogP contribution < -0.4 is 0 Å². The molecule has 576 valence electrons. The number of hydrogen-bond acceptors (Lipinski definition) is 14. The van der Waals surface area contributed by atoms with Gasteiger partial charge in [0, 0.05) is 19.3 Å². The number of carbonyl (C=O) groups is 3. The normalized spacial score (nSPS) is 14.9. The van der Waals surface area contributed by atoms with Gasteiger partial charge in [0.2, 0.25) is 0 Å². The van der Waals surface area contributed by atoms with Crippen molar-refractivity contribution in [1.29, 1.82) is 0 Å². The highest BCUT2D eigenvalue weighted by Crippen LogP contribution is 2.45. The van der Waals surface area contributed by atoms with Gasteiger partial charge in [0.25, 0.3) is 0 Å². The molecule has 16 nitrogen and oxygen atoms in total. The van der Waals surface area contributed by atoms with E-state index >= 15 is 0 Å². The van der Waals surface area contributed by atoms with Crippen molar-refractivity contribution in [2.24, 2.45) is 0 Å². The van der Waals surface area contributed by atoms with Crippen LogP contribution in [-0.4, -0.2) is 95.9 Å². The Hall–Kier alpha value is -4.83. The molecule has 101 heavy (non-hydrogen) atoms. The summed E-state index contributed by atoms with van der Waals surface area (Å²) in [5.41, 5.74) is 0. The van der Waals surface area contributed by atoms with Crippen molar-refractivity contribution in [3.8, 4) is 0 Å². The van der Waals surface area contributed by atoms with Crippen LogP contribution in [0.15, 0.2) is 158 Å². The lowest BCUT2D eigenvalue weighted by atomic mass is 10.0. The van der Waals surface area contributed by atoms with Gasteiger partial charge in [-0.25, -0.2) is 9.13 Å². The molecule has 18 heteroatoms. The van der Waals surface area contributed by atoms with Gasteiger partial charge in [-0.2, -0.15) is 0 Å². The summed E-state index contributed by atoms with van der Waals surface area (Å²) < 4.78 is 60.9. The number of phosphoric acid groups is 2. The summed E-state index contributed by atoms with van der Waals surface area (Å²) in [5.74, 6) is -1.64. The van der Waals surface area contributed by atoms with E-state index in [-0.39, 0.29) is 19.3 Å². The molecule has 0 aliphatic heterocycles. The number of carbonyl (C=O) groups excluding carboxylic acids is 3. The zero-order valence-corrected chi connectivity index (χ0v) is 64.6. The number of aliphatic hydroxyl groups excluding tert-OH is 2. The second kappa shape index (κ2) is 74.9. The first-order valence-corrected chi connectivity index (χ1v) is 41.8. The van der Waals surface area contributed by atoms with E-state index in [0.29, 0.717) is 19.3 Å². The first kappa shape index (κ1) is 96.2. The number of phosphoric ester groups is 2. The summed E-state index contributed by atoms with van der Waals surface area (Å²) in [6.45, 7) is 2.33. The lowest BCUT2D eigenvalue weighted by molar-refractivity contribution is -0.161. The maximum atomic E-state index is 12.9. The number of rotatable bonds is 72. The molecule has 0 amide bonds. The molecule has 4 N–H and O–H groups in total. The lowest BCUT2D eigenvalue weighted by Crippen LogP contribution is -2.30. The van der Waals surface area contributed by atoms with E-state index in [1.54, 1.807) is 0 Å². The zero-order valence-electron chi connectivity index (χ0n) is 62.8. The van der Waals surface area contributed by atoms with Gasteiger partial charge in [-0.05, 0) is 141 Å². The minimum absolute atomic E-state index is 0.0802. The Bertz CT molecular complexity index is 2470. The van der Waals surface area contributed by atoms with E-state index in [9.17, 15) is 43.5 Å². The number of ether oxygens (including phenoxy) is 3. The van der Waals surface area contributed by atoms with Gasteiger partial charge in [0.05, 0.1) is 26.4 Å². The minimum atomic E-state index is -4.94. The van der Waals surface area contributed by atoms with Crippen LogP contribution in [0.4, 0.5) is 0 Å². The van der Waals surface area contributed by atoms with Crippen molar-refractivity contribution < 1.29 is 75.8 Å². The predicted octanol–water partition coefficient (Wildman–Crippen LogP) is 22.6. The molecule has 0 spiro atoms. The molecule has 0 saturated carbocycles. The maximum absolute atomic E-state index is 12.9. The van der Waals surface area contributed by atoms with Crippen molar-refractivity contribution in [1.82, 2.24) is 0 Å². The predicted molar refractivity (Wildman–Crippen MR) is 417 cm³/mol. The summed E-state index contributed by atoms with van der Waals surface area (Å²) in [7, 11) is -9.80. The molecule has 0 radical (unpaired) electrons. The average molecular weight is 1450 g/mol. The first-order valence-electron chi connectivity index (χ1n) is 38.8. The van der Waals surface area contributed by atoms with Crippen molar-refractivity contribution in [2.45, 2.75) is 309 Å². The van der Waals surface area contributed by atoms with Crippen LogP contribution in [0.2, 0.25) is 0 Å². The number of allylic oxidation sites excluding steroid dienone is 26. The average Bonchev–Trinajstić information content (AvgIpc) is 0.948. The van der Waals surface area contributed by atoms with Gasteiger partial charge in [0.1, 0.15) is 25.4 Å². The maximum Gasteiger partial charge on any atom is 0.472 e. The molecule has 0 aromatic carbocycles. The van der Waals surface area contributed by atoms with E-state index < -0.39 is 91.5 Å². The molecule has 0 aromatic heterocycles. The zero-order chi connectivity index (χ0) is 73.7. The summed E-state index contributed by atoms with van der Waals surface area (Å²) in [6, 6.07) is 0. The highest BCUT2D eigenvalue weighted by atomic mass is 31.2. The van der Waals surface area contributed by atoms with Gasteiger partial charge in [-0.1, -0.05) is 288 Å². The van der Waals surface area contributed by atoms with Crippen molar-refractivity contribution in [2.75, 3.05) is 39.6 Å².